The van der Waals surface area contributed by atoms with E-state index in [9.17, 15) is 4.79 Å². The van der Waals surface area contributed by atoms with Gasteiger partial charge in [0.25, 0.3) is 5.91 Å². The highest BCUT2D eigenvalue weighted by atomic mass is 16.5. The minimum atomic E-state index is 0.0181. The first kappa shape index (κ1) is 17.4. The van der Waals surface area contributed by atoms with E-state index in [2.05, 4.69) is 23.2 Å². The molecule has 2 aliphatic heterocycles. The van der Waals surface area contributed by atoms with Crippen LogP contribution in [0.2, 0.25) is 0 Å². The fourth-order valence-electron chi connectivity index (χ4n) is 3.39. The number of hydrogen-bond donors (Lipinski definition) is 1. The van der Waals surface area contributed by atoms with Gasteiger partial charge in [0.05, 0.1) is 19.8 Å². The first-order valence-electron chi connectivity index (χ1n) is 8.98. The van der Waals surface area contributed by atoms with Crippen LogP contribution in [0.4, 0.5) is 0 Å². The molecule has 2 saturated heterocycles. The highest BCUT2D eigenvalue weighted by Crippen LogP contribution is 2.25. The number of carbonyl (C=O) groups excluding carboxylic acids is 1. The average Bonchev–Trinajstić information content (AvgIpc) is 3.15. The van der Waals surface area contributed by atoms with Crippen molar-refractivity contribution in [1.82, 2.24) is 10.2 Å². The number of ether oxygens (including phenoxy) is 2. The summed E-state index contributed by atoms with van der Waals surface area (Å²) in [5.74, 6) is 0.876. The number of benzene rings is 1. The van der Waals surface area contributed by atoms with Gasteiger partial charge in [0, 0.05) is 44.3 Å². The number of morpholine rings is 1. The number of amides is 1. The van der Waals surface area contributed by atoms with E-state index in [0.717, 1.165) is 58.0 Å². The van der Waals surface area contributed by atoms with E-state index in [1.807, 2.05) is 18.2 Å². The molecule has 1 aromatic carbocycles. The molecule has 0 aliphatic carbocycles. The maximum absolute atomic E-state index is 12.4. The zero-order valence-electron chi connectivity index (χ0n) is 14.5. The summed E-state index contributed by atoms with van der Waals surface area (Å²) in [5, 5.41) is 3.08. The molecule has 2 atom stereocenters. The number of nitrogens with one attached hydrogen (secondary N) is 1. The molecular formula is C19H28N2O3. The Morgan fingerprint density at radius 3 is 2.88 bits per heavy atom. The van der Waals surface area contributed by atoms with Crippen molar-refractivity contribution in [2.45, 2.75) is 19.3 Å². The molecule has 0 saturated carbocycles. The highest BCUT2D eigenvalue weighted by molar-refractivity contribution is 5.94. The molecule has 2 heterocycles. The molecule has 0 bridgehead atoms. The first-order chi connectivity index (χ1) is 11.7. The topological polar surface area (TPSA) is 50.8 Å². The Morgan fingerprint density at radius 2 is 2.12 bits per heavy atom. The normalized spacial score (nSPS) is 23.1. The second-order valence-corrected chi connectivity index (χ2v) is 6.91. The van der Waals surface area contributed by atoms with Gasteiger partial charge in [0.15, 0.2) is 0 Å². The smallest absolute Gasteiger partial charge is 0.251 e. The van der Waals surface area contributed by atoms with E-state index < -0.39 is 0 Å². The lowest BCUT2D eigenvalue weighted by Gasteiger charge is -2.29. The van der Waals surface area contributed by atoms with Crippen molar-refractivity contribution >= 4 is 5.91 Å². The Bertz CT molecular complexity index is 537. The third kappa shape index (κ3) is 4.79. The van der Waals surface area contributed by atoms with Gasteiger partial charge in [-0.25, -0.2) is 0 Å². The van der Waals surface area contributed by atoms with Crippen molar-refractivity contribution in [2.24, 2.45) is 5.92 Å². The molecule has 1 amide bonds. The zero-order chi connectivity index (χ0) is 16.8. The van der Waals surface area contributed by atoms with Gasteiger partial charge >= 0.3 is 0 Å². The molecular weight excluding hydrogens is 304 g/mol. The zero-order valence-corrected chi connectivity index (χ0v) is 14.5. The molecule has 0 radical (unpaired) electrons. The molecule has 2 fully saturated rings. The summed E-state index contributed by atoms with van der Waals surface area (Å²) in [6, 6.07) is 7.97. The van der Waals surface area contributed by atoms with Gasteiger partial charge in [-0.3, -0.25) is 9.69 Å². The Balaban J connectivity index is 1.48. The van der Waals surface area contributed by atoms with E-state index in [4.69, 9.17) is 9.47 Å². The van der Waals surface area contributed by atoms with Crippen molar-refractivity contribution in [3.8, 4) is 0 Å². The minimum Gasteiger partial charge on any atom is -0.381 e. The predicted octanol–water partition coefficient (Wildman–Crippen LogP) is 1.89. The van der Waals surface area contributed by atoms with Crippen LogP contribution in [-0.2, 0) is 9.47 Å². The van der Waals surface area contributed by atoms with E-state index in [-0.39, 0.29) is 5.91 Å². The SMILES string of the molecule is CC(CNC(=O)c1cccc(C2CCOC2)c1)CN1CCOCC1. The summed E-state index contributed by atoms with van der Waals surface area (Å²) >= 11 is 0. The van der Waals surface area contributed by atoms with Crippen LogP contribution in [0.3, 0.4) is 0 Å². The molecule has 2 aliphatic rings. The Hall–Kier alpha value is -1.43. The molecule has 0 aromatic heterocycles. The van der Waals surface area contributed by atoms with Gasteiger partial charge in [-0.2, -0.15) is 0 Å². The summed E-state index contributed by atoms with van der Waals surface area (Å²) in [7, 11) is 0. The summed E-state index contributed by atoms with van der Waals surface area (Å²) in [6.45, 7) is 9.08. The maximum Gasteiger partial charge on any atom is 0.251 e. The Morgan fingerprint density at radius 1 is 1.29 bits per heavy atom. The molecule has 1 N–H and O–H groups in total. The van der Waals surface area contributed by atoms with Gasteiger partial charge in [-0.15, -0.1) is 0 Å². The van der Waals surface area contributed by atoms with Crippen LogP contribution in [0, 0.1) is 5.92 Å². The summed E-state index contributed by atoms with van der Waals surface area (Å²) in [5.41, 5.74) is 1.96. The van der Waals surface area contributed by atoms with Crippen molar-refractivity contribution < 1.29 is 14.3 Å². The minimum absolute atomic E-state index is 0.0181. The molecule has 0 spiro atoms. The van der Waals surface area contributed by atoms with Crippen molar-refractivity contribution in [1.29, 1.82) is 0 Å². The number of rotatable bonds is 6. The molecule has 24 heavy (non-hydrogen) atoms. The summed E-state index contributed by atoms with van der Waals surface area (Å²) in [6.07, 6.45) is 1.04. The van der Waals surface area contributed by atoms with E-state index in [0.29, 0.717) is 18.4 Å². The Kier molecular flexibility index (Phi) is 6.24. The standard InChI is InChI=1S/C19H28N2O3/c1-15(13-21-6-9-23-10-7-21)12-20-19(22)17-4-2-3-16(11-17)18-5-8-24-14-18/h2-4,11,15,18H,5-10,12-14H2,1H3,(H,20,22). The van der Waals surface area contributed by atoms with Crippen LogP contribution in [0.1, 0.15) is 35.2 Å². The lowest BCUT2D eigenvalue weighted by atomic mass is 9.96. The van der Waals surface area contributed by atoms with Gasteiger partial charge in [-0.05, 0) is 30.0 Å². The van der Waals surface area contributed by atoms with Crippen molar-refractivity contribution in [3.63, 3.8) is 0 Å². The van der Waals surface area contributed by atoms with Crippen LogP contribution in [0.15, 0.2) is 24.3 Å². The third-order valence-electron chi connectivity index (χ3n) is 4.83. The number of hydrogen-bond acceptors (Lipinski definition) is 4. The van der Waals surface area contributed by atoms with E-state index >= 15 is 0 Å². The summed E-state index contributed by atoms with van der Waals surface area (Å²) in [4.78, 5) is 14.8. The monoisotopic (exact) mass is 332 g/mol. The predicted molar refractivity (Wildman–Crippen MR) is 93.4 cm³/mol. The van der Waals surface area contributed by atoms with Gasteiger partial charge in [0.1, 0.15) is 0 Å². The van der Waals surface area contributed by atoms with Crippen molar-refractivity contribution in [3.05, 3.63) is 35.4 Å². The molecule has 3 rings (SSSR count). The lowest BCUT2D eigenvalue weighted by molar-refractivity contribution is 0.0317. The van der Waals surface area contributed by atoms with Crippen LogP contribution in [0.25, 0.3) is 0 Å². The van der Waals surface area contributed by atoms with Crippen LogP contribution in [0.5, 0.6) is 0 Å². The van der Waals surface area contributed by atoms with E-state index in [1.54, 1.807) is 0 Å². The summed E-state index contributed by atoms with van der Waals surface area (Å²) < 4.78 is 10.8. The third-order valence-corrected chi connectivity index (χ3v) is 4.83. The van der Waals surface area contributed by atoms with Crippen LogP contribution >= 0.6 is 0 Å². The second-order valence-electron chi connectivity index (χ2n) is 6.91. The molecule has 5 nitrogen and oxygen atoms in total. The van der Waals surface area contributed by atoms with Crippen LogP contribution < -0.4 is 5.32 Å². The fourth-order valence-corrected chi connectivity index (χ4v) is 3.39. The first-order valence-corrected chi connectivity index (χ1v) is 8.98. The largest absolute Gasteiger partial charge is 0.381 e. The van der Waals surface area contributed by atoms with Gasteiger partial charge in [-0.1, -0.05) is 19.1 Å². The fraction of sp³-hybridized carbons (Fsp3) is 0.632. The van der Waals surface area contributed by atoms with Crippen LogP contribution in [-0.4, -0.2) is 63.4 Å². The Labute approximate surface area is 144 Å². The molecule has 5 heteroatoms. The maximum atomic E-state index is 12.4. The molecule has 2 unspecified atom stereocenters. The highest BCUT2D eigenvalue weighted by Gasteiger charge is 2.19. The van der Waals surface area contributed by atoms with E-state index in [1.165, 1.54) is 5.56 Å². The number of carbonyl (C=O) groups is 1. The average molecular weight is 332 g/mol. The second kappa shape index (κ2) is 8.60. The van der Waals surface area contributed by atoms with Gasteiger partial charge in [0.2, 0.25) is 0 Å². The number of nitrogens with zero attached hydrogens (tertiary/aromatic N) is 1. The quantitative estimate of drug-likeness (QED) is 0.864. The lowest BCUT2D eigenvalue weighted by Crippen LogP contribution is -2.41. The van der Waals surface area contributed by atoms with Crippen molar-refractivity contribution in [2.75, 3.05) is 52.6 Å². The van der Waals surface area contributed by atoms with Gasteiger partial charge < -0.3 is 14.8 Å². The molecule has 132 valence electrons. The molecule has 1 aromatic rings.